The van der Waals surface area contributed by atoms with Crippen molar-refractivity contribution in [2.45, 2.75) is 12.8 Å². The molecule has 0 spiro atoms. The minimum Gasteiger partial charge on any atom is -0.379 e. The van der Waals surface area contributed by atoms with Gasteiger partial charge in [-0.1, -0.05) is 0 Å². The summed E-state index contributed by atoms with van der Waals surface area (Å²) in [6.07, 6.45) is 2.61. The molecular weight excluding hydrogens is 314 g/mol. The van der Waals surface area contributed by atoms with Gasteiger partial charge < -0.3 is 5.32 Å². The molecule has 1 saturated carbocycles. The van der Waals surface area contributed by atoms with Gasteiger partial charge in [-0.15, -0.1) is 0 Å². The molecule has 10 heteroatoms. The van der Waals surface area contributed by atoms with E-state index in [1.807, 2.05) is 0 Å². The number of hydrogen-bond acceptors (Lipinski definition) is 7. The van der Waals surface area contributed by atoms with Crippen molar-refractivity contribution in [2.24, 2.45) is 5.41 Å². The highest BCUT2D eigenvalue weighted by Crippen LogP contribution is 2.47. The molecule has 1 aliphatic carbocycles. The zero-order valence-electron chi connectivity index (χ0n) is 11.8. The summed E-state index contributed by atoms with van der Waals surface area (Å²) in [5.41, 5.74) is -1.02. The number of hydrogen-bond donors (Lipinski definition) is 1. The second kappa shape index (κ2) is 5.52. The number of anilines is 1. The maximum atomic E-state index is 11.4. The van der Waals surface area contributed by atoms with Gasteiger partial charge in [0.15, 0.2) is 0 Å². The number of rotatable bonds is 7. The van der Waals surface area contributed by atoms with Crippen LogP contribution < -0.4 is 5.32 Å². The lowest BCUT2D eigenvalue weighted by molar-refractivity contribution is -0.393. The molecular formula is C12H15N3O6S. The van der Waals surface area contributed by atoms with Gasteiger partial charge in [-0.05, 0) is 18.9 Å². The molecule has 0 unspecified atom stereocenters. The van der Waals surface area contributed by atoms with Crippen LogP contribution in [0.5, 0.6) is 0 Å². The largest absolute Gasteiger partial charge is 0.379 e. The number of nitrogens with zero attached hydrogens (tertiary/aromatic N) is 2. The maximum absolute atomic E-state index is 11.4. The van der Waals surface area contributed by atoms with E-state index in [1.165, 1.54) is 12.1 Å². The average Bonchev–Trinajstić information content (AvgIpc) is 3.13. The van der Waals surface area contributed by atoms with Gasteiger partial charge >= 0.3 is 0 Å². The first-order valence-electron chi connectivity index (χ1n) is 6.46. The number of sulfone groups is 1. The first-order valence-corrected chi connectivity index (χ1v) is 8.52. The fourth-order valence-corrected chi connectivity index (χ4v) is 3.83. The third-order valence-electron chi connectivity index (χ3n) is 3.57. The lowest BCUT2D eigenvalue weighted by Crippen LogP contribution is -2.24. The van der Waals surface area contributed by atoms with Crippen LogP contribution in [0.2, 0.25) is 0 Å². The van der Waals surface area contributed by atoms with Crippen molar-refractivity contribution in [3.05, 3.63) is 38.4 Å². The minimum atomic E-state index is -3.13. The third kappa shape index (κ3) is 3.91. The summed E-state index contributed by atoms with van der Waals surface area (Å²) in [6, 6.07) is 3.33. The molecule has 120 valence electrons. The van der Waals surface area contributed by atoms with Gasteiger partial charge in [0, 0.05) is 24.3 Å². The fraction of sp³-hybridized carbons (Fsp3) is 0.500. The highest BCUT2D eigenvalue weighted by atomic mass is 32.2. The Morgan fingerprint density at radius 1 is 1.23 bits per heavy atom. The molecule has 9 nitrogen and oxygen atoms in total. The van der Waals surface area contributed by atoms with E-state index in [-0.39, 0.29) is 23.7 Å². The van der Waals surface area contributed by atoms with E-state index in [0.717, 1.165) is 25.2 Å². The Labute approximate surface area is 126 Å². The Balaban J connectivity index is 2.16. The molecule has 22 heavy (non-hydrogen) atoms. The second-order valence-corrected chi connectivity index (χ2v) is 7.78. The number of nitrogens with one attached hydrogen (secondary N) is 1. The van der Waals surface area contributed by atoms with Crippen molar-refractivity contribution in [1.29, 1.82) is 0 Å². The summed E-state index contributed by atoms with van der Waals surface area (Å²) in [5, 5.41) is 24.5. The molecule has 0 aliphatic heterocycles. The summed E-state index contributed by atoms with van der Waals surface area (Å²) in [7, 11) is -3.13. The lowest BCUT2D eigenvalue weighted by atomic mass is 10.1. The van der Waals surface area contributed by atoms with E-state index < -0.39 is 30.8 Å². The number of benzene rings is 1. The second-order valence-electron chi connectivity index (χ2n) is 5.64. The molecule has 0 saturated heterocycles. The first-order chi connectivity index (χ1) is 10.1. The van der Waals surface area contributed by atoms with Crippen LogP contribution in [0.25, 0.3) is 0 Å². The number of non-ortho nitro benzene ring substituents is 1. The first kappa shape index (κ1) is 16.1. The molecule has 0 amide bonds. The molecule has 1 N–H and O–H groups in total. The van der Waals surface area contributed by atoms with Crippen molar-refractivity contribution in [3.8, 4) is 0 Å². The van der Waals surface area contributed by atoms with Crippen LogP contribution in [0.15, 0.2) is 18.2 Å². The summed E-state index contributed by atoms with van der Waals surface area (Å²) >= 11 is 0. The monoisotopic (exact) mass is 329 g/mol. The van der Waals surface area contributed by atoms with E-state index in [4.69, 9.17) is 0 Å². The van der Waals surface area contributed by atoms with Crippen molar-refractivity contribution >= 4 is 26.9 Å². The molecule has 1 fully saturated rings. The Morgan fingerprint density at radius 2 is 1.86 bits per heavy atom. The Kier molecular flexibility index (Phi) is 4.05. The minimum absolute atomic E-state index is 0.0216. The van der Waals surface area contributed by atoms with Crippen LogP contribution in [0.4, 0.5) is 17.1 Å². The quantitative estimate of drug-likeness (QED) is 0.595. The normalized spacial score (nSPS) is 16.0. The molecule has 0 bridgehead atoms. The van der Waals surface area contributed by atoms with Crippen LogP contribution in [0.1, 0.15) is 12.8 Å². The number of nitro groups is 2. The lowest BCUT2D eigenvalue weighted by Gasteiger charge is -2.15. The van der Waals surface area contributed by atoms with E-state index in [1.54, 1.807) is 0 Å². The van der Waals surface area contributed by atoms with E-state index in [9.17, 15) is 28.6 Å². The maximum Gasteiger partial charge on any atom is 0.299 e. The van der Waals surface area contributed by atoms with E-state index in [0.29, 0.717) is 0 Å². The van der Waals surface area contributed by atoms with E-state index in [2.05, 4.69) is 5.32 Å². The Bertz CT molecular complexity index is 726. The Morgan fingerprint density at radius 3 is 2.32 bits per heavy atom. The molecule has 1 aromatic rings. The standard InChI is InChI=1S/C12H15N3O6S/c1-22(20,21)8-12(4-5-12)7-13-10-3-2-9(14(16)17)6-11(10)15(18)19/h2-3,6,13H,4-5,7-8H2,1H3. The highest BCUT2D eigenvalue weighted by molar-refractivity contribution is 7.90. The van der Waals surface area contributed by atoms with Gasteiger partial charge in [0.2, 0.25) is 0 Å². The van der Waals surface area contributed by atoms with Crippen LogP contribution in [-0.4, -0.2) is 36.8 Å². The summed E-state index contributed by atoms with van der Waals surface area (Å²) in [4.78, 5) is 20.3. The van der Waals surface area contributed by atoms with Crippen molar-refractivity contribution in [2.75, 3.05) is 23.9 Å². The SMILES string of the molecule is CS(=O)(=O)CC1(CNc2ccc([N+](=O)[O-])cc2[N+](=O)[O-])CC1. The van der Waals surface area contributed by atoms with E-state index >= 15 is 0 Å². The smallest absolute Gasteiger partial charge is 0.299 e. The van der Waals surface area contributed by atoms with Crippen LogP contribution >= 0.6 is 0 Å². The molecule has 0 radical (unpaired) electrons. The number of nitro benzene ring substituents is 2. The molecule has 0 aromatic heterocycles. The summed E-state index contributed by atoms with van der Waals surface area (Å²) in [5.74, 6) is 0.0216. The van der Waals surface area contributed by atoms with Crippen molar-refractivity contribution in [1.82, 2.24) is 0 Å². The summed E-state index contributed by atoms with van der Waals surface area (Å²) < 4.78 is 22.8. The highest BCUT2D eigenvalue weighted by Gasteiger charge is 2.45. The predicted octanol–water partition coefficient (Wildman–Crippen LogP) is 1.74. The fourth-order valence-electron chi connectivity index (χ4n) is 2.32. The van der Waals surface area contributed by atoms with Gasteiger partial charge in [0.05, 0.1) is 21.7 Å². The topological polar surface area (TPSA) is 132 Å². The van der Waals surface area contributed by atoms with Crippen LogP contribution in [0.3, 0.4) is 0 Å². The van der Waals surface area contributed by atoms with Crippen LogP contribution in [-0.2, 0) is 9.84 Å². The molecule has 1 aliphatic rings. The predicted molar refractivity (Wildman–Crippen MR) is 79.6 cm³/mol. The molecule has 0 atom stereocenters. The van der Waals surface area contributed by atoms with Crippen molar-refractivity contribution < 1.29 is 18.3 Å². The third-order valence-corrected chi connectivity index (χ3v) is 4.70. The Hall–Kier alpha value is -2.23. The van der Waals surface area contributed by atoms with Gasteiger partial charge in [-0.2, -0.15) is 0 Å². The zero-order valence-corrected chi connectivity index (χ0v) is 12.6. The zero-order chi connectivity index (χ0) is 16.5. The summed E-state index contributed by atoms with van der Waals surface area (Å²) in [6.45, 7) is 0.277. The van der Waals surface area contributed by atoms with Crippen molar-refractivity contribution in [3.63, 3.8) is 0 Å². The molecule has 1 aromatic carbocycles. The van der Waals surface area contributed by atoms with Gasteiger partial charge in [-0.3, -0.25) is 20.2 Å². The van der Waals surface area contributed by atoms with Gasteiger partial charge in [-0.25, -0.2) is 8.42 Å². The average molecular weight is 329 g/mol. The van der Waals surface area contributed by atoms with Gasteiger partial charge in [0.25, 0.3) is 11.4 Å². The molecule has 2 rings (SSSR count). The van der Waals surface area contributed by atoms with Crippen LogP contribution in [0, 0.1) is 25.6 Å². The van der Waals surface area contributed by atoms with Gasteiger partial charge in [0.1, 0.15) is 15.5 Å². The molecule has 0 heterocycles.